The van der Waals surface area contributed by atoms with Crippen molar-refractivity contribution in [2.24, 2.45) is 0 Å². The van der Waals surface area contributed by atoms with Crippen LogP contribution in [0.25, 0.3) is 0 Å². The fourth-order valence-electron chi connectivity index (χ4n) is 2.38. The van der Waals surface area contributed by atoms with Crippen molar-refractivity contribution in [2.75, 3.05) is 6.54 Å². The van der Waals surface area contributed by atoms with Crippen molar-refractivity contribution in [3.05, 3.63) is 23.7 Å². The fraction of sp³-hybridized carbons (Fsp3) is 0.615. The molecule has 3 nitrogen and oxygen atoms in total. The third kappa shape index (κ3) is 2.13. The highest BCUT2D eigenvalue weighted by atomic mass is 16.3. The van der Waals surface area contributed by atoms with Gasteiger partial charge in [-0.1, -0.05) is 6.92 Å². The van der Waals surface area contributed by atoms with E-state index in [2.05, 4.69) is 6.92 Å². The summed E-state index contributed by atoms with van der Waals surface area (Å²) in [7, 11) is 0. The summed E-state index contributed by atoms with van der Waals surface area (Å²) in [6.07, 6.45) is 4.51. The van der Waals surface area contributed by atoms with Crippen LogP contribution in [0.15, 0.2) is 16.5 Å². The molecule has 1 aliphatic heterocycles. The lowest BCUT2D eigenvalue weighted by Gasteiger charge is -2.34. The molecule has 1 aromatic rings. The van der Waals surface area contributed by atoms with E-state index in [0.717, 1.165) is 31.6 Å². The summed E-state index contributed by atoms with van der Waals surface area (Å²) in [5.41, 5.74) is 0. The van der Waals surface area contributed by atoms with Crippen molar-refractivity contribution in [1.82, 2.24) is 4.90 Å². The smallest absolute Gasteiger partial charge is 0.289 e. The summed E-state index contributed by atoms with van der Waals surface area (Å²) < 4.78 is 5.40. The average molecular weight is 221 g/mol. The molecule has 1 fully saturated rings. The van der Waals surface area contributed by atoms with Crippen LogP contribution in [0.1, 0.15) is 48.9 Å². The standard InChI is InChI=1S/C13H19NO2/c1-3-11-6-4-5-9-14(11)13(15)12-8-7-10(2)16-12/h7-8,11H,3-6,9H2,1-2H3/t11-/m1/s1. The Kier molecular flexibility index (Phi) is 3.32. The van der Waals surface area contributed by atoms with Gasteiger partial charge in [0, 0.05) is 12.6 Å². The molecule has 0 unspecified atom stereocenters. The molecule has 1 atom stereocenters. The first-order valence-electron chi connectivity index (χ1n) is 6.09. The van der Waals surface area contributed by atoms with Gasteiger partial charge in [-0.2, -0.15) is 0 Å². The maximum absolute atomic E-state index is 12.2. The quantitative estimate of drug-likeness (QED) is 0.769. The molecule has 0 radical (unpaired) electrons. The monoisotopic (exact) mass is 221 g/mol. The summed E-state index contributed by atoms with van der Waals surface area (Å²) in [6.45, 7) is 4.88. The molecule has 1 saturated heterocycles. The first-order valence-corrected chi connectivity index (χ1v) is 6.09. The van der Waals surface area contributed by atoms with Gasteiger partial charge in [-0.05, 0) is 44.7 Å². The zero-order chi connectivity index (χ0) is 11.5. The van der Waals surface area contributed by atoms with Crippen molar-refractivity contribution in [3.8, 4) is 0 Å². The van der Waals surface area contributed by atoms with Gasteiger partial charge in [-0.25, -0.2) is 0 Å². The Labute approximate surface area is 96.4 Å². The Morgan fingerprint density at radius 3 is 2.94 bits per heavy atom. The van der Waals surface area contributed by atoms with E-state index < -0.39 is 0 Å². The fourth-order valence-corrected chi connectivity index (χ4v) is 2.38. The second-order valence-electron chi connectivity index (χ2n) is 4.47. The molecule has 0 saturated carbocycles. The number of furan rings is 1. The molecule has 3 heteroatoms. The molecule has 0 bridgehead atoms. The Morgan fingerprint density at radius 2 is 2.31 bits per heavy atom. The van der Waals surface area contributed by atoms with Gasteiger partial charge >= 0.3 is 0 Å². The topological polar surface area (TPSA) is 33.5 Å². The van der Waals surface area contributed by atoms with E-state index in [1.54, 1.807) is 6.07 Å². The maximum atomic E-state index is 12.2. The number of hydrogen-bond donors (Lipinski definition) is 0. The highest BCUT2D eigenvalue weighted by Gasteiger charge is 2.27. The van der Waals surface area contributed by atoms with E-state index in [9.17, 15) is 4.79 Å². The van der Waals surface area contributed by atoms with Crippen LogP contribution in [-0.4, -0.2) is 23.4 Å². The van der Waals surface area contributed by atoms with Crippen LogP contribution in [0.3, 0.4) is 0 Å². The molecule has 0 aromatic carbocycles. The van der Waals surface area contributed by atoms with E-state index in [1.165, 1.54) is 6.42 Å². The molecule has 1 amide bonds. The van der Waals surface area contributed by atoms with Crippen molar-refractivity contribution in [2.45, 2.75) is 45.6 Å². The molecular formula is C13H19NO2. The molecule has 0 N–H and O–H groups in total. The van der Waals surface area contributed by atoms with Gasteiger partial charge in [-0.3, -0.25) is 4.79 Å². The Balaban J connectivity index is 2.13. The van der Waals surface area contributed by atoms with Crippen molar-refractivity contribution in [1.29, 1.82) is 0 Å². The minimum Gasteiger partial charge on any atom is -0.456 e. The van der Waals surface area contributed by atoms with E-state index in [-0.39, 0.29) is 5.91 Å². The highest BCUT2D eigenvalue weighted by molar-refractivity contribution is 5.91. The predicted octanol–water partition coefficient (Wildman–Crippen LogP) is 2.99. The summed E-state index contributed by atoms with van der Waals surface area (Å²) in [6, 6.07) is 4.02. The van der Waals surface area contributed by atoms with Crippen LogP contribution in [0.2, 0.25) is 0 Å². The molecule has 2 rings (SSSR count). The Hall–Kier alpha value is -1.25. The Bertz CT molecular complexity index is 370. The SMILES string of the molecule is CC[C@@H]1CCCCN1C(=O)c1ccc(C)o1. The summed E-state index contributed by atoms with van der Waals surface area (Å²) in [4.78, 5) is 14.2. The molecule has 1 aromatic heterocycles. The van der Waals surface area contributed by atoms with Crippen LogP contribution in [0.5, 0.6) is 0 Å². The lowest BCUT2D eigenvalue weighted by molar-refractivity contribution is 0.0574. The first kappa shape index (κ1) is 11.2. The van der Waals surface area contributed by atoms with Crippen LogP contribution < -0.4 is 0 Å². The number of nitrogens with zero attached hydrogens (tertiary/aromatic N) is 1. The molecule has 2 heterocycles. The number of amides is 1. The summed E-state index contributed by atoms with van der Waals surface area (Å²) in [5, 5.41) is 0. The van der Waals surface area contributed by atoms with Crippen LogP contribution in [0, 0.1) is 6.92 Å². The zero-order valence-corrected chi connectivity index (χ0v) is 10.0. The van der Waals surface area contributed by atoms with Gasteiger partial charge in [-0.15, -0.1) is 0 Å². The second kappa shape index (κ2) is 4.73. The molecule has 0 aliphatic carbocycles. The van der Waals surface area contributed by atoms with Gasteiger partial charge in [0.15, 0.2) is 5.76 Å². The van der Waals surface area contributed by atoms with E-state index in [4.69, 9.17) is 4.42 Å². The maximum Gasteiger partial charge on any atom is 0.289 e. The minimum atomic E-state index is 0.0552. The minimum absolute atomic E-state index is 0.0552. The van der Waals surface area contributed by atoms with Gasteiger partial charge < -0.3 is 9.32 Å². The van der Waals surface area contributed by atoms with Crippen LogP contribution in [-0.2, 0) is 0 Å². The van der Waals surface area contributed by atoms with Crippen LogP contribution in [0.4, 0.5) is 0 Å². The number of aryl methyl sites for hydroxylation is 1. The second-order valence-corrected chi connectivity index (χ2v) is 4.47. The molecule has 16 heavy (non-hydrogen) atoms. The molecule has 0 spiro atoms. The van der Waals surface area contributed by atoms with Crippen molar-refractivity contribution < 1.29 is 9.21 Å². The van der Waals surface area contributed by atoms with Gasteiger partial charge in [0.2, 0.25) is 0 Å². The third-order valence-corrected chi connectivity index (χ3v) is 3.31. The zero-order valence-electron chi connectivity index (χ0n) is 10.0. The first-order chi connectivity index (χ1) is 7.72. The van der Waals surface area contributed by atoms with Crippen molar-refractivity contribution in [3.63, 3.8) is 0 Å². The number of likely N-dealkylation sites (tertiary alicyclic amines) is 1. The van der Waals surface area contributed by atoms with Gasteiger partial charge in [0.05, 0.1) is 0 Å². The number of carbonyl (C=O) groups is 1. The number of carbonyl (C=O) groups excluding carboxylic acids is 1. The van der Waals surface area contributed by atoms with Gasteiger partial charge in [0.1, 0.15) is 5.76 Å². The molecule has 1 aliphatic rings. The predicted molar refractivity (Wildman–Crippen MR) is 62.4 cm³/mol. The summed E-state index contributed by atoms with van der Waals surface area (Å²) in [5.74, 6) is 1.34. The van der Waals surface area contributed by atoms with E-state index in [0.29, 0.717) is 11.8 Å². The Morgan fingerprint density at radius 1 is 1.50 bits per heavy atom. The van der Waals surface area contributed by atoms with Crippen molar-refractivity contribution >= 4 is 5.91 Å². The molecular weight excluding hydrogens is 202 g/mol. The number of hydrogen-bond acceptors (Lipinski definition) is 2. The number of piperidine rings is 1. The van der Waals surface area contributed by atoms with Crippen LogP contribution >= 0.6 is 0 Å². The lowest BCUT2D eigenvalue weighted by Crippen LogP contribution is -2.43. The van der Waals surface area contributed by atoms with E-state index in [1.807, 2.05) is 17.9 Å². The summed E-state index contributed by atoms with van der Waals surface area (Å²) >= 11 is 0. The lowest BCUT2D eigenvalue weighted by atomic mass is 10.00. The molecule has 88 valence electrons. The normalized spacial score (nSPS) is 21.1. The average Bonchev–Trinajstić information content (AvgIpc) is 2.75. The number of rotatable bonds is 2. The largest absolute Gasteiger partial charge is 0.456 e. The third-order valence-electron chi connectivity index (χ3n) is 3.31. The van der Waals surface area contributed by atoms with Gasteiger partial charge in [0.25, 0.3) is 5.91 Å². The highest BCUT2D eigenvalue weighted by Crippen LogP contribution is 2.22. The van der Waals surface area contributed by atoms with E-state index >= 15 is 0 Å².